The zero-order valence-electron chi connectivity index (χ0n) is 29.9. The number of aryl methyl sites for hydroxylation is 1. The van der Waals surface area contributed by atoms with Crippen molar-refractivity contribution in [2.24, 2.45) is 13.0 Å². The number of para-hydroxylation sites is 1. The number of hydrogen-bond acceptors (Lipinski definition) is 7. The highest BCUT2D eigenvalue weighted by molar-refractivity contribution is 7.98. The maximum absolute atomic E-state index is 14.3. The van der Waals surface area contributed by atoms with Crippen LogP contribution >= 0.6 is 23.4 Å². The number of nitrogens with zero attached hydrogens (tertiary/aromatic N) is 2. The van der Waals surface area contributed by atoms with E-state index in [0.29, 0.717) is 34.0 Å². The van der Waals surface area contributed by atoms with E-state index >= 15 is 0 Å². The highest BCUT2D eigenvalue weighted by Crippen LogP contribution is 2.27. The normalized spacial score (nSPS) is 25.0. The van der Waals surface area contributed by atoms with Crippen LogP contribution in [-0.4, -0.2) is 93.7 Å². The second kappa shape index (κ2) is 16.8. The Bertz CT molecular complexity index is 1840. The molecule has 15 heteroatoms. The minimum absolute atomic E-state index is 0.0181. The molecule has 13 nitrogen and oxygen atoms in total. The largest absolute Gasteiger partial charge is 0.347 e. The predicted molar refractivity (Wildman–Crippen MR) is 201 cm³/mol. The van der Waals surface area contributed by atoms with Crippen LogP contribution < -0.4 is 26.6 Å². The summed E-state index contributed by atoms with van der Waals surface area (Å²) < 4.78 is 1.70. The molecule has 2 aliphatic rings. The Morgan fingerprint density at radius 1 is 0.962 bits per heavy atom. The van der Waals surface area contributed by atoms with E-state index in [1.807, 2.05) is 18.4 Å². The van der Waals surface area contributed by atoms with Crippen molar-refractivity contribution >= 4 is 69.7 Å². The SMILES string of the molecule is CSCC[C@@H]1NC(=O)C[C@@H](c2ccccc2)NC(=O)[C@H](C)NC(=O)[C@@H]2C[C@H](NC(=O)c3cc4cccc(Cl)c4n3C)CN2C(=O)[C@H](C(C)C)NC1=O. The molecule has 5 rings (SSSR count). The van der Waals surface area contributed by atoms with Gasteiger partial charge in [-0.25, -0.2) is 0 Å². The Kier molecular flexibility index (Phi) is 12.5. The van der Waals surface area contributed by atoms with Crippen molar-refractivity contribution in [2.75, 3.05) is 18.6 Å². The first-order valence-electron chi connectivity index (χ1n) is 17.4. The van der Waals surface area contributed by atoms with Gasteiger partial charge < -0.3 is 36.1 Å². The molecule has 1 aromatic heterocycles. The zero-order valence-corrected chi connectivity index (χ0v) is 31.5. The number of nitrogens with one attached hydrogen (secondary N) is 5. The molecule has 0 bridgehead atoms. The van der Waals surface area contributed by atoms with Crippen LogP contribution in [0.5, 0.6) is 0 Å². The summed E-state index contributed by atoms with van der Waals surface area (Å²) in [5.41, 5.74) is 1.72. The number of carbonyl (C=O) groups is 6. The van der Waals surface area contributed by atoms with Crippen molar-refractivity contribution < 1.29 is 28.8 Å². The van der Waals surface area contributed by atoms with Crippen LogP contribution in [-0.2, 0) is 31.0 Å². The van der Waals surface area contributed by atoms with Gasteiger partial charge in [-0.1, -0.05) is 67.9 Å². The van der Waals surface area contributed by atoms with E-state index in [9.17, 15) is 28.8 Å². The number of benzene rings is 2. The maximum atomic E-state index is 14.3. The Labute approximate surface area is 312 Å². The van der Waals surface area contributed by atoms with E-state index in [-0.39, 0.29) is 19.4 Å². The molecule has 0 radical (unpaired) electrons. The molecule has 6 amide bonds. The van der Waals surface area contributed by atoms with Crippen LogP contribution in [0.15, 0.2) is 54.6 Å². The zero-order chi connectivity index (χ0) is 37.7. The summed E-state index contributed by atoms with van der Waals surface area (Å²) in [6.45, 7) is 5.07. The summed E-state index contributed by atoms with van der Waals surface area (Å²) in [5.74, 6) is -2.86. The van der Waals surface area contributed by atoms with Gasteiger partial charge in [0.05, 0.1) is 23.0 Å². The standard InChI is InChI=1S/C37H46ClN7O6S/c1-20(2)31-37(51)45-19-24(40-35(49)28-16-23-12-9-13-25(38)32(23)44(28)4)17-29(45)36(50)39-21(3)33(47)42-27(22-10-7-6-8-11-22)18-30(46)41-26(14-15-52-5)34(48)43-31/h6-13,16,20-21,24,26-27,29,31H,14-15,17-19H2,1-5H3,(H,39,50)(H,40,49)(H,41,46)(H,42,47)(H,43,48)/t21-,24-,26-,27-,29-,31-/m0/s1. The quantitative estimate of drug-likeness (QED) is 0.247. The number of rotatable bonds is 7. The number of amides is 6. The lowest BCUT2D eigenvalue weighted by Crippen LogP contribution is -2.59. The predicted octanol–water partition coefficient (Wildman–Crippen LogP) is 2.68. The van der Waals surface area contributed by atoms with Gasteiger partial charge in [0.15, 0.2) is 0 Å². The van der Waals surface area contributed by atoms with Crippen molar-refractivity contribution in [2.45, 2.75) is 76.3 Å². The van der Waals surface area contributed by atoms with Crippen LogP contribution in [0.25, 0.3) is 10.9 Å². The average molecular weight is 752 g/mol. The molecule has 0 saturated carbocycles. The average Bonchev–Trinajstić information content (AvgIpc) is 3.69. The van der Waals surface area contributed by atoms with Gasteiger partial charge in [0.2, 0.25) is 29.5 Å². The monoisotopic (exact) mass is 751 g/mol. The van der Waals surface area contributed by atoms with Crippen LogP contribution in [0.3, 0.4) is 0 Å². The van der Waals surface area contributed by atoms with E-state index in [2.05, 4.69) is 26.6 Å². The first-order valence-corrected chi connectivity index (χ1v) is 19.2. The van der Waals surface area contributed by atoms with Gasteiger partial charge in [-0.3, -0.25) is 28.8 Å². The van der Waals surface area contributed by atoms with Gasteiger partial charge in [-0.05, 0) is 55.4 Å². The minimum Gasteiger partial charge on any atom is -0.347 e. The maximum Gasteiger partial charge on any atom is 0.268 e. The van der Waals surface area contributed by atoms with Crippen LogP contribution in [0.4, 0.5) is 0 Å². The summed E-state index contributed by atoms with van der Waals surface area (Å²) in [6, 6.07) is 10.6. The topological polar surface area (TPSA) is 171 Å². The number of fused-ring (bicyclic) bond motifs is 2. The molecule has 2 aliphatic heterocycles. The van der Waals surface area contributed by atoms with Gasteiger partial charge in [0.1, 0.15) is 29.9 Å². The first kappa shape index (κ1) is 38.7. The molecule has 0 aliphatic carbocycles. The highest BCUT2D eigenvalue weighted by Gasteiger charge is 2.44. The fourth-order valence-corrected chi connectivity index (χ4v) is 7.56. The summed E-state index contributed by atoms with van der Waals surface area (Å²) in [5, 5.41) is 15.6. The van der Waals surface area contributed by atoms with Gasteiger partial charge in [-0.15, -0.1) is 0 Å². The van der Waals surface area contributed by atoms with Gasteiger partial charge in [0, 0.05) is 25.0 Å². The Balaban J connectivity index is 1.46. The van der Waals surface area contributed by atoms with Crippen molar-refractivity contribution in [3.63, 3.8) is 0 Å². The van der Waals surface area contributed by atoms with E-state index < -0.39 is 77.6 Å². The lowest BCUT2D eigenvalue weighted by Gasteiger charge is -2.32. The lowest BCUT2D eigenvalue weighted by atomic mass is 10.0. The van der Waals surface area contributed by atoms with E-state index in [1.54, 1.807) is 67.9 Å². The second-order valence-electron chi connectivity index (χ2n) is 13.7. The number of carbonyl (C=O) groups excluding carboxylic acids is 6. The van der Waals surface area contributed by atoms with Crippen LogP contribution in [0.1, 0.15) is 62.1 Å². The van der Waals surface area contributed by atoms with Crippen molar-refractivity contribution in [3.05, 3.63) is 70.9 Å². The van der Waals surface area contributed by atoms with Crippen LogP contribution in [0.2, 0.25) is 5.02 Å². The smallest absolute Gasteiger partial charge is 0.268 e. The molecule has 2 fully saturated rings. The Morgan fingerprint density at radius 2 is 1.69 bits per heavy atom. The molecule has 3 heterocycles. The fraction of sp³-hybridized carbons (Fsp3) is 0.459. The summed E-state index contributed by atoms with van der Waals surface area (Å²) in [6.07, 6.45) is 2.10. The minimum atomic E-state index is -1.06. The third-order valence-corrected chi connectivity index (χ3v) is 10.6. The molecule has 5 N–H and O–H groups in total. The van der Waals surface area contributed by atoms with Gasteiger partial charge in [0.25, 0.3) is 5.91 Å². The van der Waals surface area contributed by atoms with Gasteiger partial charge >= 0.3 is 0 Å². The summed E-state index contributed by atoms with van der Waals surface area (Å²) in [7, 11) is 1.74. The lowest BCUT2D eigenvalue weighted by molar-refractivity contribution is -0.143. The number of aromatic nitrogens is 1. The second-order valence-corrected chi connectivity index (χ2v) is 15.1. The number of hydrogen-bond donors (Lipinski definition) is 5. The molecule has 0 spiro atoms. The first-order chi connectivity index (χ1) is 24.8. The highest BCUT2D eigenvalue weighted by atomic mass is 35.5. The molecule has 3 aromatic rings. The Hall–Kier alpha value is -4.56. The summed E-state index contributed by atoms with van der Waals surface area (Å²) in [4.78, 5) is 84.0. The third kappa shape index (κ3) is 8.72. The molecule has 2 saturated heterocycles. The molecule has 0 unspecified atom stereocenters. The molecule has 6 atom stereocenters. The molecule has 52 heavy (non-hydrogen) atoms. The molecule has 2 aromatic carbocycles. The summed E-state index contributed by atoms with van der Waals surface area (Å²) >= 11 is 7.93. The molecular formula is C37H46ClN7O6S. The van der Waals surface area contributed by atoms with Crippen molar-refractivity contribution in [1.29, 1.82) is 0 Å². The number of thioether (sulfide) groups is 1. The number of halogens is 1. The van der Waals surface area contributed by atoms with E-state index in [0.717, 1.165) is 5.39 Å². The molecular weight excluding hydrogens is 706 g/mol. The fourth-order valence-electron chi connectivity index (χ4n) is 6.78. The third-order valence-electron chi connectivity index (χ3n) is 9.61. The molecule has 278 valence electrons. The van der Waals surface area contributed by atoms with Gasteiger partial charge in [-0.2, -0.15) is 11.8 Å². The van der Waals surface area contributed by atoms with Crippen LogP contribution in [0, 0.1) is 5.92 Å². The Morgan fingerprint density at radius 3 is 2.37 bits per heavy atom. The van der Waals surface area contributed by atoms with Crippen molar-refractivity contribution in [1.82, 2.24) is 36.1 Å². The van der Waals surface area contributed by atoms with E-state index in [4.69, 9.17) is 11.6 Å². The van der Waals surface area contributed by atoms with Crippen molar-refractivity contribution in [3.8, 4) is 0 Å². The van der Waals surface area contributed by atoms with E-state index in [1.165, 1.54) is 23.6 Å².